The predicted octanol–water partition coefficient (Wildman–Crippen LogP) is 1.26. The van der Waals surface area contributed by atoms with Crippen LogP contribution in [0, 0.1) is 5.92 Å². The molecule has 2 amide bonds. The van der Waals surface area contributed by atoms with E-state index in [4.69, 9.17) is 0 Å². The third kappa shape index (κ3) is 2.86. The van der Waals surface area contributed by atoms with Crippen LogP contribution in [0.1, 0.15) is 39.0 Å². The predicted molar refractivity (Wildman–Crippen MR) is 65.4 cm³/mol. The van der Waals surface area contributed by atoms with Gasteiger partial charge in [0.05, 0.1) is 0 Å². The molecule has 1 atom stereocenters. The molecule has 2 aliphatic heterocycles. The molecule has 4 nitrogen and oxygen atoms in total. The number of hydrogen-bond acceptors (Lipinski definition) is 3. The Morgan fingerprint density at radius 1 is 1.18 bits per heavy atom. The Balaban J connectivity index is 1.83. The van der Waals surface area contributed by atoms with Gasteiger partial charge in [0, 0.05) is 25.4 Å². The van der Waals surface area contributed by atoms with Crippen LogP contribution in [0.4, 0.5) is 0 Å². The van der Waals surface area contributed by atoms with Crippen molar-refractivity contribution in [3.05, 3.63) is 0 Å². The minimum Gasteiger partial charge on any atom is -0.302 e. The van der Waals surface area contributed by atoms with Gasteiger partial charge < -0.3 is 4.90 Å². The molecule has 17 heavy (non-hydrogen) atoms. The van der Waals surface area contributed by atoms with Crippen molar-refractivity contribution in [2.24, 2.45) is 5.92 Å². The number of carbonyl (C=O) groups excluding carboxylic acids is 2. The molecule has 2 heterocycles. The van der Waals surface area contributed by atoms with E-state index in [9.17, 15) is 9.59 Å². The molecular weight excluding hydrogens is 216 g/mol. The minimum atomic E-state index is -0.0360. The van der Waals surface area contributed by atoms with Crippen molar-refractivity contribution in [2.75, 3.05) is 26.2 Å². The minimum absolute atomic E-state index is 0.0349. The van der Waals surface area contributed by atoms with Crippen molar-refractivity contribution in [1.29, 1.82) is 0 Å². The summed E-state index contributed by atoms with van der Waals surface area (Å²) in [6.45, 7) is 5.75. The van der Waals surface area contributed by atoms with Crippen molar-refractivity contribution in [1.82, 2.24) is 9.80 Å². The Kier molecular flexibility index (Phi) is 4.15. The van der Waals surface area contributed by atoms with E-state index in [2.05, 4.69) is 11.8 Å². The molecule has 0 saturated carbocycles. The van der Waals surface area contributed by atoms with Crippen LogP contribution in [-0.4, -0.2) is 47.8 Å². The molecule has 2 saturated heterocycles. The first-order valence-electron chi connectivity index (χ1n) is 6.79. The number of imide groups is 1. The van der Waals surface area contributed by atoms with Crippen molar-refractivity contribution < 1.29 is 9.59 Å². The van der Waals surface area contributed by atoms with Crippen LogP contribution in [-0.2, 0) is 9.59 Å². The third-order valence-electron chi connectivity index (χ3n) is 3.81. The van der Waals surface area contributed by atoms with Crippen LogP contribution >= 0.6 is 0 Å². The molecule has 0 bridgehead atoms. The molecule has 0 aromatic heterocycles. The van der Waals surface area contributed by atoms with Gasteiger partial charge in [0.1, 0.15) is 0 Å². The van der Waals surface area contributed by atoms with Crippen LogP contribution < -0.4 is 0 Å². The van der Waals surface area contributed by atoms with E-state index >= 15 is 0 Å². The first-order valence-corrected chi connectivity index (χ1v) is 6.79. The maximum absolute atomic E-state index is 12.0. The average Bonchev–Trinajstić information content (AvgIpc) is 2.88. The summed E-state index contributed by atoms with van der Waals surface area (Å²) in [7, 11) is 0. The number of hydrogen-bond donors (Lipinski definition) is 0. The summed E-state index contributed by atoms with van der Waals surface area (Å²) in [5.41, 5.74) is 0. The third-order valence-corrected chi connectivity index (χ3v) is 3.81. The summed E-state index contributed by atoms with van der Waals surface area (Å²) in [4.78, 5) is 27.6. The Labute approximate surface area is 103 Å². The van der Waals surface area contributed by atoms with E-state index in [1.807, 2.05) is 0 Å². The fourth-order valence-corrected chi connectivity index (χ4v) is 2.81. The van der Waals surface area contributed by atoms with Crippen LogP contribution in [0.2, 0.25) is 0 Å². The zero-order chi connectivity index (χ0) is 12.3. The van der Waals surface area contributed by atoms with Gasteiger partial charge in [-0.1, -0.05) is 13.3 Å². The molecule has 2 aliphatic rings. The molecule has 96 valence electrons. The monoisotopic (exact) mass is 238 g/mol. The van der Waals surface area contributed by atoms with Gasteiger partial charge in [0.25, 0.3) is 0 Å². The second-order valence-electron chi connectivity index (χ2n) is 5.12. The largest absolute Gasteiger partial charge is 0.302 e. The lowest BCUT2D eigenvalue weighted by atomic mass is 10.0. The van der Waals surface area contributed by atoms with Gasteiger partial charge in [0.2, 0.25) is 11.8 Å². The maximum Gasteiger partial charge on any atom is 0.232 e. The Hall–Kier alpha value is -0.900. The number of amides is 2. The first-order chi connectivity index (χ1) is 8.22. The molecule has 0 spiro atoms. The van der Waals surface area contributed by atoms with E-state index in [1.54, 1.807) is 0 Å². The second kappa shape index (κ2) is 5.63. The number of carbonyl (C=O) groups is 2. The summed E-state index contributed by atoms with van der Waals surface area (Å²) in [6.07, 6.45) is 4.77. The topological polar surface area (TPSA) is 40.6 Å². The number of nitrogens with zero attached hydrogens (tertiary/aromatic N) is 2. The van der Waals surface area contributed by atoms with Crippen molar-refractivity contribution in [3.63, 3.8) is 0 Å². The molecule has 0 aromatic rings. The van der Waals surface area contributed by atoms with Gasteiger partial charge in [0.15, 0.2) is 0 Å². The zero-order valence-corrected chi connectivity index (χ0v) is 10.7. The highest BCUT2D eigenvalue weighted by Crippen LogP contribution is 2.23. The lowest BCUT2D eigenvalue weighted by Crippen LogP contribution is -2.37. The lowest BCUT2D eigenvalue weighted by molar-refractivity contribution is -0.139. The van der Waals surface area contributed by atoms with Gasteiger partial charge in [-0.3, -0.25) is 14.5 Å². The molecule has 2 rings (SSSR count). The van der Waals surface area contributed by atoms with Gasteiger partial charge in [-0.25, -0.2) is 0 Å². The quantitative estimate of drug-likeness (QED) is 0.677. The highest BCUT2D eigenvalue weighted by molar-refractivity contribution is 6.03. The fraction of sp³-hybridized carbons (Fsp3) is 0.846. The Morgan fingerprint density at radius 2 is 1.88 bits per heavy atom. The number of likely N-dealkylation sites (tertiary alicyclic amines) is 2. The lowest BCUT2D eigenvalue weighted by Gasteiger charge is -2.20. The molecule has 0 radical (unpaired) electrons. The zero-order valence-electron chi connectivity index (χ0n) is 10.7. The molecule has 1 unspecified atom stereocenters. The van der Waals surface area contributed by atoms with Crippen molar-refractivity contribution in [3.8, 4) is 0 Å². The fourth-order valence-electron chi connectivity index (χ4n) is 2.81. The van der Waals surface area contributed by atoms with Crippen molar-refractivity contribution >= 4 is 11.8 Å². The summed E-state index contributed by atoms with van der Waals surface area (Å²) >= 11 is 0. The van der Waals surface area contributed by atoms with E-state index in [1.165, 1.54) is 17.7 Å². The van der Waals surface area contributed by atoms with Gasteiger partial charge in [-0.05, 0) is 32.4 Å². The summed E-state index contributed by atoms with van der Waals surface area (Å²) < 4.78 is 0. The van der Waals surface area contributed by atoms with Crippen molar-refractivity contribution in [2.45, 2.75) is 39.0 Å². The standard InChI is InChI=1S/C13H22N2O2/c1-2-5-11-10-12(16)15(13(11)17)9-8-14-6-3-4-7-14/h11H,2-10H2,1H3. The molecule has 0 aliphatic carbocycles. The second-order valence-corrected chi connectivity index (χ2v) is 5.12. The highest BCUT2D eigenvalue weighted by Gasteiger charge is 2.37. The molecule has 0 aromatic carbocycles. The molecule has 4 heteroatoms. The van der Waals surface area contributed by atoms with Crippen LogP contribution in [0.5, 0.6) is 0 Å². The first kappa shape index (κ1) is 12.6. The highest BCUT2D eigenvalue weighted by atomic mass is 16.2. The number of rotatable bonds is 5. The molecule has 0 N–H and O–H groups in total. The molecular formula is C13H22N2O2. The Bertz CT molecular complexity index is 298. The molecule has 2 fully saturated rings. The van der Waals surface area contributed by atoms with Gasteiger partial charge >= 0.3 is 0 Å². The maximum atomic E-state index is 12.0. The van der Waals surface area contributed by atoms with Gasteiger partial charge in [-0.2, -0.15) is 0 Å². The average molecular weight is 238 g/mol. The van der Waals surface area contributed by atoms with E-state index < -0.39 is 0 Å². The Morgan fingerprint density at radius 3 is 2.53 bits per heavy atom. The van der Waals surface area contributed by atoms with Gasteiger partial charge in [-0.15, -0.1) is 0 Å². The summed E-state index contributed by atoms with van der Waals surface area (Å²) in [6, 6.07) is 0. The van der Waals surface area contributed by atoms with E-state index in [0.717, 1.165) is 32.5 Å². The van der Waals surface area contributed by atoms with E-state index in [-0.39, 0.29) is 17.7 Å². The van der Waals surface area contributed by atoms with Crippen LogP contribution in [0.15, 0.2) is 0 Å². The van der Waals surface area contributed by atoms with Crippen LogP contribution in [0.25, 0.3) is 0 Å². The normalized spacial score (nSPS) is 26.2. The smallest absolute Gasteiger partial charge is 0.232 e. The summed E-state index contributed by atoms with van der Waals surface area (Å²) in [5.74, 6) is 0.0646. The van der Waals surface area contributed by atoms with Crippen LogP contribution in [0.3, 0.4) is 0 Å². The van der Waals surface area contributed by atoms with E-state index in [0.29, 0.717) is 13.0 Å². The summed E-state index contributed by atoms with van der Waals surface area (Å²) in [5, 5.41) is 0. The SMILES string of the molecule is CCCC1CC(=O)N(CCN2CCCC2)C1=O.